The third-order valence-corrected chi connectivity index (χ3v) is 0. The van der Waals surface area contributed by atoms with Gasteiger partial charge < -0.3 is 0 Å². The maximum Gasteiger partial charge on any atom is 0 e. The number of rotatable bonds is 0. The van der Waals surface area contributed by atoms with E-state index in [1.165, 1.54) is 0 Å². The molecule has 0 unspecified atom stereocenters. The van der Waals surface area contributed by atoms with Crippen LogP contribution in [0.4, 0.5) is 0 Å². The van der Waals surface area contributed by atoms with Gasteiger partial charge in [-0.3, -0.25) is 0 Å². The summed E-state index contributed by atoms with van der Waals surface area (Å²) in [7, 11) is 0. The van der Waals surface area contributed by atoms with Crippen molar-refractivity contribution in [3.05, 3.63) is 0 Å². The van der Waals surface area contributed by atoms with Crippen molar-refractivity contribution in [2.75, 3.05) is 4.93 Å². The van der Waals surface area contributed by atoms with Gasteiger partial charge in [-0.15, -0.1) is 0 Å². The van der Waals surface area contributed by atoms with Crippen LogP contribution in [0.25, 0.3) is 0 Å². The van der Waals surface area contributed by atoms with Gasteiger partial charge in [0.25, 0.3) is 0 Å². The zero-order valence-corrected chi connectivity index (χ0v) is 10.9. The quantitative estimate of drug-likeness (QED) is 0.346. The van der Waals surface area contributed by atoms with E-state index in [9.17, 15) is 0 Å². The SMILES string of the molecule is C[IH]I.[U]. The van der Waals surface area contributed by atoms with Crippen molar-refractivity contribution in [3.8, 4) is 0 Å². The minimum atomic E-state index is 0. The van der Waals surface area contributed by atoms with Crippen LogP contribution in [0.3, 0.4) is 0 Å². The van der Waals surface area contributed by atoms with E-state index >= 15 is 0 Å². The molecule has 0 spiro atoms. The van der Waals surface area contributed by atoms with Gasteiger partial charge in [-0.1, -0.05) is 0 Å². The summed E-state index contributed by atoms with van der Waals surface area (Å²) in [5.41, 5.74) is 0. The predicted molar refractivity (Wildman–Crippen MR) is 35.4 cm³/mol. The largest absolute Gasteiger partial charge is 0 e. The predicted octanol–water partition coefficient (Wildman–Crippen LogP) is 1.67. The van der Waals surface area contributed by atoms with E-state index in [0.717, 1.165) is 0 Å². The van der Waals surface area contributed by atoms with Crippen LogP contribution < -0.4 is 0 Å². The number of alkyl halides is 1. The van der Waals surface area contributed by atoms with E-state index in [-0.39, 0.29) is 31.1 Å². The molecule has 4 heavy (non-hydrogen) atoms. The monoisotopic (exact) mass is 508 g/mol. The third-order valence-electron chi connectivity index (χ3n) is 0. The van der Waals surface area contributed by atoms with E-state index in [2.05, 4.69) is 23.5 Å². The Kier molecular flexibility index (Phi) is 22.1. The summed E-state index contributed by atoms with van der Waals surface area (Å²) >= 11 is 2.86. The smallest absolute Gasteiger partial charge is 0 e. The molecule has 26 valence electrons. The van der Waals surface area contributed by atoms with Gasteiger partial charge in [-0.2, -0.15) is 0 Å². The van der Waals surface area contributed by atoms with Crippen LogP contribution in [0.2, 0.25) is 0 Å². The first kappa shape index (κ1) is 9.72. The van der Waals surface area contributed by atoms with Crippen LogP contribution in [0.1, 0.15) is 0 Å². The second-order valence-corrected chi connectivity index (χ2v) is 6.94. The van der Waals surface area contributed by atoms with Gasteiger partial charge in [0.1, 0.15) is 0 Å². The van der Waals surface area contributed by atoms with Crippen molar-refractivity contribution in [2.45, 2.75) is 0 Å². The molecule has 0 N–H and O–H groups in total. The maximum absolute atomic E-state index is 2.42. The molecular formula is CH4I2U. The van der Waals surface area contributed by atoms with Crippen molar-refractivity contribution >= 4 is 35.8 Å². The summed E-state index contributed by atoms with van der Waals surface area (Å²) in [4.78, 5) is 2.24. The second kappa shape index (κ2) is 9.10. The van der Waals surface area contributed by atoms with Crippen molar-refractivity contribution in [1.82, 2.24) is 0 Å². The van der Waals surface area contributed by atoms with Crippen LogP contribution >= 0.6 is 35.8 Å². The molecule has 0 atom stereocenters. The van der Waals surface area contributed by atoms with E-state index in [1.807, 2.05) is 0 Å². The molecule has 0 saturated heterocycles. The van der Waals surface area contributed by atoms with Crippen molar-refractivity contribution < 1.29 is 31.1 Å². The Morgan fingerprint density at radius 3 is 1.75 bits per heavy atom. The number of hydrogen-bond acceptors (Lipinski definition) is 0. The topological polar surface area (TPSA) is 0 Å². The molecule has 0 aromatic carbocycles. The van der Waals surface area contributed by atoms with Crippen molar-refractivity contribution in [3.63, 3.8) is 0 Å². The first-order valence-electron chi connectivity index (χ1n) is 0.563. The molecule has 0 aliphatic carbocycles. The van der Waals surface area contributed by atoms with Crippen LogP contribution in [0.5, 0.6) is 0 Å². The minimum absolute atomic E-state index is 0. The van der Waals surface area contributed by atoms with Gasteiger partial charge in [-0.25, -0.2) is 0 Å². The van der Waals surface area contributed by atoms with Gasteiger partial charge in [0, 0.05) is 31.1 Å². The van der Waals surface area contributed by atoms with Crippen LogP contribution in [-0.4, -0.2) is 4.93 Å². The van der Waals surface area contributed by atoms with Gasteiger partial charge in [0.15, 0.2) is 0 Å². The van der Waals surface area contributed by atoms with Crippen LogP contribution in [0.15, 0.2) is 0 Å². The number of hydrogen-bond donors (Lipinski definition) is 0. The summed E-state index contributed by atoms with van der Waals surface area (Å²) in [5, 5.41) is 0. The molecule has 0 nitrogen and oxygen atoms in total. The fourth-order valence-electron chi connectivity index (χ4n) is 0. The Morgan fingerprint density at radius 1 is 1.75 bits per heavy atom. The molecular weight excluding hydrogens is 504 g/mol. The molecule has 0 aromatic heterocycles. The van der Waals surface area contributed by atoms with Gasteiger partial charge in [0.05, 0.1) is 0 Å². The van der Waals surface area contributed by atoms with Gasteiger partial charge >= 0.3 is 40.8 Å². The van der Waals surface area contributed by atoms with E-state index < -0.39 is 0 Å². The maximum atomic E-state index is 2.42. The molecule has 0 radical (unpaired) electrons. The zero-order valence-electron chi connectivity index (χ0n) is 2.29. The van der Waals surface area contributed by atoms with Crippen molar-refractivity contribution in [1.29, 1.82) is 0 Å². The molecule has 0 fully saturated rings. The van der Waals surface area contributed by atoms with Crippen molar-refractivity contribution in [2.24, 2.45) is 0 Å². The standard InChI is InChI=1S/CH4I2.U/c1-3-2;/h3H,1H3;. The summed E-state index contributed by atoms with van der Waals surface area (Å²) in [6.07, 6.45) is 0. The molecule has 0 aliphatic heterocycles. The fourth-order valence-corrected chi connectivity index (χ4v) is 0. The van der Waals surface area contributed by atoms with Gasteiger partial charge in [0.2, 0.25) is 0 Å². The molecule has 0 aromatic rings. The molecule has 0 rings (SSSR count). The average Bonchev–Trinajstić information content (AvgIpc) is 0.918. The normalized spacial score (nSPS) is 5.50. The fraction of sp³-hybridized carbons (Fsp3) is 1.00. The van der Waals surface area contributed by atoms with E-state index in [1.54, 1.807) is 0 Å². The minimum Gasteiger partial charge on any atom is 0 e. The zero-order chi connectivity index (χ0) is 2.71. The Balaban J connectivity index is 0. The first-order chi connectivity index (χ1) is 1.41. The molecule has 0 bridgehead atoms. The summed E-state index contributed by atoms with van der Waals surface area (Å²) in [6.45, 7) is 0. The van der Waals surface area contributed by atoms with E-state index in [4.69, 9.17) is 0 Å². The second-order valence-electron chi connectivity index (χ2n) is 0.154. The third kappa shape index (κ3) is 8.82. The Hall–Kier alpha value is 2.51. The van der Waals surface area contributed by atoms with E-state index in [0.29, 0.717) is 17.2 Å². The van der Waals surface area contributed by atoms with Crippen LogP contribution in [-0.2, 0) is 0 Å². The molecule has 0 heterocycles. The Labute approximate surface area is 70.3 Å². The molecule has 0 amide bonds. The Bertz CT molecular complexity index is 6.00. The van der Waals surface area contributed by atoms with Gasteiger partial charge in [-0.05, 0) is 0 Å². The summed E-state index contributed by atoms with van der Waals surface area (Å²) in [5.74, 6) is 0. The van der Waals surface area contributed by atoms with Crippen LogP contribution in [0, 0.1) is 31.1 Å². The average molecular weight is 508 g/mol. The molecule has 0 aliphatic rings. The molecule has 3 heteroatoms. The first-order valence-corrected chi connectivity index (χ1v) is 9.68. The molecule has 0 saturated carbocycles. The Morgan fingerprint density at radius 2 is 1.75 bits per heavy atom. The summed E-state index contributed by atoms with van der Waals surface area (Å²) < 4.78 is 0. The summed E-state index contributed by atoms with van der Waals surface area (Å²) in [6, 6.07) is 0. The number of halogens is 2.